The smallest absolute Gasteiger partial charge is 0.243 e. The number of allylic oxidation sites excluding steroid dienone is 1. The first-order valence-corrected chi connectivity index (χ1v) is 10.1. The van der Waals surface area contributed by atoms with E-state index in [1.807, 2.05) is 6.92 Å². The normalized spacial score (nSPS) is 32.5. The molecule has 0 radical (unpaired) electrons. The van der Waals surface area contributed by atoms with Gasteiger partial charge in [-0.2, -0.15) is 4.31 Å². The molecule has 1 saturated carbocycles. The number of carbonyl (C=O) groups excluding carboxylic acids is 2. The fourth-order valence-electron chi connectivity index (χ4n) is 4.74. The summed E-state index contributed by atoms with van der Waals surface area (Å²) in [6, 6.07) is 6.35. The summed E-state index contributed by atoms with van der Waals surface area (Å²) in [7, 11) is -3.73. The molecule has 0 unspecified atom stereocenters. The molecule has 1 saturated heterocycles. The van der Waals surface area contributed by atoms with E-state index in [9.17, 15) is 18.0 Å². The average molecular weight is 359 g/mol. The van der Waals surface area contributed by atoms with Gasteiger partial charge in [0.25, 0.3) is 0 Å². The van der Waals surface area contributed by atoms with E-state index in [4.69, 9.17) is 0 Å². The van der Waals surface area contributed by atoms with Crippen molar-refractivity contribution in [1.82, 2.24) is 4.31 Å². The molecule has 1 aliphatic heterocycles. The Hall–Kier alpha value is -1.79. The number of carbonyl (C=O) groups is 2. The summed E-state index contributed by atoms with van der Waals surface area (Å²) in [5, 5.41) is 0. The lowest BCUT2D eigenvalue weighted by atomic mass is 9.59. The van der Waals surface area contributed by atoms with Gasteiger partial charge in [0.05, 0.1) is 16.9 Å². The molecule has 6 heteroatoms. The van der Waals surface area contributed by atoms with Crippen molar-refractivity contribution in [3.8, 4) is 0 Å². The highest BCUT2D eigenvalue weighted by atomic mass is 32.2. The first-order valence-electron chi connectivity index (χ1n) is 8.69. The number of benzene rings is 1. The van der Waals surface area contributed by atoms with Crippen LogP contribution in [-0.2, 0) is 19.6 Å². The highest BCUT2D eigenvalue weighted by Gasteiger charge is 2.61. The Kier molecular flexibility index (Phi) is 3.74. The molecule has 0 amide bonds. The van der Waals surface area contributed by atoms with Gasteiger partial charge in [0.1, 0.15) is 0 Å². The van der Waals surface area contributed by atoms with E-state index >= 15 is 0 Å². The van der Waals surface area contributed by atoms with Crippen LogP contribution in [0.25, 0.3) is 0 Å². The molecule has 0 aromatic heterocycles. The molecule has 1 spiro atoms. The van der Waals surface area contributed by atoms with Gasteiger partial charge in [-0.1, -0.05) is 30.2 Å². The quantitative estimate of drug-likeness (QED) is 0.812. The van der Waals surface area contributed by atoms with E-state index in [0.29, 0.717) is 12.8 Å². The van der Waals surface area contributed by atoms with Crippen LogP contribution in [0.1, 0.15) is 31.2 Å². The predicted octanol–water partition coefficient (Wildman–Crippen LogP) is 2.25. The predicted molar refractivity (Wildman–Crippen MR) is 92.4 cm³/mol. The molecule has 1 heterocycles. The number of hydrogen-bond acceptors (Lipinski definition) is 4. The summed E-state index contributed by atoms with van der Waals surface area (Å²) in [5.74, 6) is -0.111. The Labute approximate surface area is 147 Å². The van der Waals surface area contributed by atoms with Crippen LogP contribution in [0, 0.1) is 18.3 Å². The molecule has 0 N–H and O–H groups in total. The van der Waals surface area contributed by atoms with Crippen LogP contribution in [0.4, 0.5) is 0 Å². The maximum absolute atomic E-state index is 13.2. The number of ketones is 2. The lowest BCUT2D eigenvalue weighted by Gasteiger charge is -2.45. The zero-order chi connectivity index (χ0) is 17.8. The number of sulfonamides is 1. The summed E-state index contributed by atoms with van der Waals surface area (Å²) in [5.41, 5.74) is 0.170. The third-order valence-corrected chi connectivity index (χ3v) is 7.88. The summed E-state index contributed by atoms with van der Waals surface area (Å²) >= 11 is 0. The Morgan fingerprint density at radius 2 is 1.84 bits per heavy atom. The van der Waals surface area contributed by atoms with Crippen molar-refractivity contribution < 1.29 is 18.0 Å². The van der Waals surface area contributed by atoms with Gasteiger partial charge in [0.2, 0.25) is 10.0 Å². The maximum Gasteiger partial charge on any atom is 0.243 e. The fourth-order valence-corrected chi connectivity index (χ4v) is 6.40. The second-order valence-electron chi connectivity index (χ2n) is 7.37. The van der Waals surface area contributed by atoms with Crippen LogP contribution in [0.15, 0.2) is 41.3 Å². The summed E-state index contributed by atoms with van der Waals surface area (Å²) < 4.78 is 27.7. The second kappa shape index (κ2) is 5.61. The number of aryl methyl sites for hydroxylation is 1. The van der Waals surface area contributed by atoms with Gasteiger partial charge in [-0.3, -0.25) is 9.59 Å². The Balaban J connectivity index is 1.78. The summed E-state index contributed by atoms with van der Waals surface area (Å²) in [6.07, 6.45) is 5.83. The van der Waals surface area contributed by atoms with Crippen molar-refractivity contribution in [2.45, 2.75) is 43.5 Å². The van der Waals surface area contributed by atoms with Gasteiger partial charge in [0, 0.05) is 12.5 Å². The molecule has 0 bridgehead atoms. The van der Waals surface area contributed by atoms with Crippen LogP contribution in [0.2, 0.25) is 0 Å². The van der Waals surface area contributed by atoms with Gasteiger partial charge >= 0.3 is 0 Å². The van der Waals surface area contributed by atoms with E-state index in [-0.39, 0.29) is 35.0 Å². The van der Waals surface area contributed by atoms with Crippen LogP contribution in [0.3, 0.4) is 0 Å². The van der Waals surface area contributed by atoms with Crippen molar-refractivity contribution in [3.05, 3.63) is 42.0 Å². The van der Waals surface area contributed by atoms with Crippen molar-refractivity contribution in [2.24, 2.45) is 11.3 Å². The first-order chi connectivity index (χ1) is 11.9. The first kappa shape index (κ1) is 16.7. The molecule has 2 fully saturated rings. The molecule has 5 nitrogen and oxygen atoms in total. The maximum atomic E-state index is 13.2. The van der Waals surface area contributed by atoms with Crippen LogP contribution in [0.5, 0.6) is 0 Å². The molecule has 3 aliphatic rings. The lowest BCUT2D eigenvalue weighted by Crippen LogP contribution is -2.51. The number of rotatable bonds is 2. The van der Waals surface area contributed by atoms with Gasteiger partial charge in [-0.05, 0) is 43.9 Å². The standard InChI is InChI=1S/C19H21NO4S/c1-13-5-7-16(8-6-13)25(23,24)20-12-18(22)19-10-9-15(21)11-14(19)3-2-4-17(19)20/h5-10,14,17H,2-4,11-12H2,1H3/t14-,17+,19-/m0/s1. The molecule has 1 aromatic rings. The van der Waals surface area contributed by atoms with Crippen molar-refractivity contribution in [1.29, 1.82) is 0 Å². The molecule has 2 aliphatic carbocycles. The largest absolute Gasteiger partial charge is 0.297 e. The molecular weight excluding hydrogens is 338 g/mol. The SMILES string of the molecule is Cc1ccc(S(=O)(=O)N2CC(=O)[C@@]34C=CC(=O)C[C@@H]3CCC[C@@H]24)cc1. The van der Waals surface area contributed by atoms with E-state index in [2.05, 4.69) is 0 Å². The fraction of sp³-hybridized carbons (Fsp3) is 0.474. The van der Waals surface area contributed by atoms with Gasteiger partial charge in [0.15, 0.2) is 11.6 Å². The Morgan fingerprint density at radius 3 is 2.56 bits per heavy atom. The number of Topliss-reactive ketones (excluding diaryl/α,β-unsaturated/α-hetero) is 1. The minimum atomic E-state index is -3.73. The molecule has 132 valence electrons. The molecular formula is C19H21NO4S. The Morgan fingerprint density at radius 1 is 1.12 bits per heavy atom. The minimum absolute atomic E-state index is 0.0314. The number of hydrogen-bond donors (Lipinski definition) is 0. The third kappa shape index (κ3) is 2.34. The van der Waals surface area contributed by atoms with Crippen LogP contribution in [-0.4, -0.2) is 36.9 Å². The zero-order valence-corrected chi connectivity index (χ0v) is 15.0. The van der Waals surface area contributed by atoms with Crippen molar-refractivity contribution in [3.63, 3.8) is 0 Å². The molecule has 1 aromatic carbocycles. The van der Waals surface area contributed by atoms with E-state index in [1.54, 1.807) is 30.3 Å². The average Bonchev–Trinajstić information content (AvgIpc) is 2.88. The monoisotopic (exact) mass is 359 g/mol. The number of nitrogens with zero attached hydrogens (tertiary/aromatic N) is 1. The minimum Gasteiger partial charge on any atom is -0.297 e. The van der Waals surface area contributed by atoms with Gasteiger partial charge < -0.3 is 0 Å². The topological polar surface area (TPSA) is 71.5 Å². The highest BCUT2D eigenvalue weighted by Crippen LogP contribution is 2.53. The molecule has 4 rings (SSSR count). The second-order valence-corrected chi connectivity index (χ2v) is 9.26. The lowest BCUT2D eigenvalue weighted by molar-refractivity contribution is -0.128. The van der Waals surface area contributed by atoms with E-state index in [0.717, 1.165) is 18.4 Å². The van der Waals surface area contributed by atoms with E-state index in [1.165, 1.54) is 10.4 Å². The third-order valence-electron chi connectivity index (χ3n) is 6.01. The van der Waals surface area contributed by atoms with Crippen LogP contribution < -0.4 is 0 Å². The Bertz CT molecular complexity index is 871. The highest BCUT2D eigenvalue weighted by molar-refractivity contribution is 7.89. The zero-order valence-electron chi connectivity index (χ0n) is 14.1. The summed E-state index contributed by atoms with van der Waals surface area (Å²) in [6.45, 7) is 1.80. The molecule has 25 heavy (non-hydrogen) atoms. The molecule has 3 atom stereocenters. The van der Waals surface area contributed by atoms with E-state index < -0.39 is 15.4 Å². The van der Waals surface area contributed by atoms with Crippen molar-refractivity contribution in [2.75, 3.05) is 6.54 Å². The van der Waals surface area contributed by atoms with Crippen LogP contribution >= 0.6 is 0 Å². The van der Waals surface area contributed by atoms with Gasteiger partial charge in [-0.25, -0.2) is 8.42 Å². The van der Waals surface area contributed by atoms with Crippen molar-refractivity contribution >= 4 is 21.6 Å². The summed E-state index contributed by atoms with van der Waals surface area (Å²) in [4.78, 5) is 25.0. The van der Waals surface area contributed by atoms with Gasteiger partial charge in [-0.15, -0.1) is 0 Å².